The largest absolute Gasteiger partial charge is 0.494 e. The quantitative estimate of drug-likeness (QED) is 0.431. The van der Waals surface area contributed by atoms with Gasteiger partial charge in [0, 0.05) is 6.26 Å². The van der Waals surface area contributed by atoms with Crippen LogP contribution in [-0.4, -0.2) is 29.7 Å². The van der Waals surface area contributed by atoms with E-state index in [1.807, 2.05) is 42.5 Å². The first-order valence-corrected chi connectivity index (χ1v) is 13.4. The Morgan fingerprint density at radius 2 is 1.53 bits per heavy atom. The molecule has 0 amide bonds. The Hall–Kier alpha value is -3.10. The number of hydrogen-bond donors (Lipinski definition) is 1. The number of sulfone groups is 1. The molecule has 0 aliphatic carbocycles. The van der Waals surface area contributed by atoms with Crippen LogP contribution < -0.4 is 9.46 Å². The van der Waals surface area contributed by atoms with Gasteiger partial charge in [-0.1, -0.05) is 54.6 Å². The average Bonchev–Trinajstić information content (AvgIpc) is 2.76. The summed E-state index contributed by atoms with van der Waals surface area (Å²) in [4.78, 5) is -0.0239. The Morgan fingerprint density at radius 1 is 0.875 bits per heavy atom. The lowest BCUT2D eigenvalue weighted by Gasteiger charge is -2.12. The van der Waals surface area contributed by atoms with Crippen LogP contribution >= 0.6 is 0 Å². The molecule has 3 rings (SSSR count). The first-order chi connectivity index (χ1) is 15.3. The van der Waals surface area contributed by atoms with Crippen molar-refractivity contribution in [1.29, 1.82) is 0 Å². The molecule has 168 valence electrons. The summed E-state index contributed by atoms with van der Waals surface area (Å²) in [5.74, 6) is 0.822. The fourth-order valence-corrected chi connectivity index (χ4v) is 4.97. The van der Waals surface area contributed by atoms with Gasteiger partial charge in [-0.25, -0.2) is 16.8 Å². The molecular weight excluding hydrogens is 446 g/mol. The molecule has 6 nitrogen and oxygen atoms in total. The van der Waals surface area contributed by atoms with Gasteiger partial charge in [-0.3, -0.25) is 4.72 Å². The highest BCUT2D eigenvalue weighted by Gasteiger charge is 2.20. The third kappa shape index (κ3) is 6.70. The molecule has 0 atom stereocenters. The number of sulfonamides is 1. The van der Waals surface area contributed by atoms with Gasteiger partial charge in [0.2, 0.25) is 0 Å². The number of ether oxygens (including phenoxy) is 1. The molecule has 0 unspecified atom stereocenters. The molecule has 0 radical (unpaired) electrons. The van der Waals surface area contributed by atoms with Crippen LogP contribution in [0.1, 0.15) is 18.4 Å². The monoisotopic (exact) mass is 471 g/mol. The third-order valence-corrected chi connectivity index (χ3v) is 7.07. The molecule has 0 aliphatic heterocycles. The van der Waals surface area contributed by atoms with Crippen LogP contribution in [0.4, 0.5) is 5.69 Å². The van der Waals surface area contributed by atoms with Gasteiger partial charge in [-0.2, -0.15) is 0 Å². The number of unbranched alkanes of at least 4 members (excludes halogenated alkanes) is 1. The first-order valence-electron chi connectivity index (χ1n) is 10.0. The maximum atomic E-state index is 12.7. The Bertz CT molecular complexity index is 1270. The van der Waals surface area contributed by atoms with E-state index in [-0.39, 0.29) is 15.5 Å². The van der Waals surface area contributed by atoms with Gasteiger partial charge in [-0.15, -0.1) is 0 Å². The average molecular weight is 472 g/mol. The molecule has 0 saturated carbocycles. The summed E-state index contributed by atoms with van der Waals surface area (Å²) in [6, 6.07) is 22.0. The van der Waals surface area contributed by atoms with Crippen LogP contribution in [-0.2, 0) is 19.9 Å². The minimum Gasteiger partial charge on any atom is -0.494 e. The lowest BCUT2D eigenvalue weighted by molar-refractivity contribution is 0.312. The Kier molecular flexibility index (Phi) is 7.71. The molecule has 0 aliphatic rings. The highest BCUT2D eigenvalue weighted by molar-refractivity contribution is 7.93. The van der Waals surface area contributed by atoms with Crippen LogP contribution in [0.15, 0.2) is 94.7 Å². The molecule has 8 heteroatoms. The van der Waals surface area contributed by atoms with Gasteiger partial charge in [-0.05, 0) is 54.8 Å². The number of hydrogen-bond acceptors (Lipinski definition) is 5. The third-order valence-electron chi connectivity index (χ3n) is 4.54. The summed E-state index contributed by atoms with van der Waals surface area (Å²) in [6.07, 6.45) is 6.38. The van der Waals surface area contributed by atoms with E-state index in [0.717, 1.165) is 24.8 Å². The molecule has 0 heterocycles. The Balaban J connectivity index is 1.70. The maximum Gasteiger partial charge on any atom is 0.261 e. The van der Waals surface area contributed by atoms with Crippen LogP contribution in [0.5, 0.6) is 5.75 Å². The zero-order valence-electron chi connectivity index (χ0n) is 17.6. The van der Waals surface area contributed by atoms with Crippen molar-refractivity contribution in [3.05, 3.63) is 90.5 Å². The number of benzene rings is 3. The van der Waals surface area contributed by atoms with Crippen molar-refractivity contribution in [2.45, 2.75) is 22.6 Å². The summed E-state index contributed by atoms with van der Waals surface area (Å²) in [6.45, 7) is 0.573. The van der Waals surface area contributed by atoms with E-state index in [4.69, 9.17) is 4.74 Å². The summed E-state index contributed by atoms with van der Waals surface area (Å²) in [5.41, 5.74) is 0.707. The Morgan fingerprint density at radius 3 is 2.19 bits per heavy atom. The highest BCUT2D eigenvalue weighted by Crippen LogP contribution is 2.26. The SMILES string of the molecule is CS(=O)(=O)c1ccc(/C=C/CCCOc2ccccc2)cc1NS(=O)(=O)c1ccccc1. The second-order valence-electron chi connectivity index (χ2n) is 7.15. The second-order valence-corrected chi connectivity index (χ2v) is 10.8. The molecule has 3 aromatic carbocycles. The molecule has 0 aromatic heterocycles. The van der Waals surface area contributed by atoms with Crippen molar-refractivity contribution in [2.75, 3.05) is 17.6 Å². The zero-order valence-corrected chi connectivity index (χ0v) is 19.3. The smallest absolute Gasteiger partial charge is 0.261 e. The molecule has 0 saturated heterocycles. The van der Waals surface area contributed by atoms with Crippen molar-refractivity contribution in [1.82, 2.24) is 0 Å². The lowest BCUT2D eigenvalue weighted by atomic mass is 10.1. The summed E-state index contributed by atoms with van der Waals surface area (Å²) in [5, 5.41) is 0. The van der Waals surface area contributed by atoms with Gasteiger partial charge in [0.15, 0.2) is 9.84 Å². The first kappa shape index (κ1) is 23.6. The predicted octanol–water partition coefficient (Wildman–Crippen LogP) is 4.76. The summed E-state index contributed by atoms with van der Waals surface area (Å²) in [7, 11) is -7.56. The van der Waals surface area contributed by atoms with Crippen molar-refractivity contribution >= 4 is 31.6 Å². The van der Waals surface area contributed by atoms with Gasteiger partial charge >= 0.3 is 0 Å². The van der Waals surface area contributed by atoms with Crippen molar-refractivity contribution in [2.24, 2.45) is 0 Å². The molecule has 0 spiro atoms. The predicted molar refractivity (Wildman–Crippen MR) is 127 cm³/mol. The minimum atomic E-state index is -3.93. The highest BCUT2D eigenvalue weighted by atomic mass is 32.2. The lowest BCUT2D eigenvalue weighted by Crippen LogP contribution is -2.15. The molecule has 32 heavy (non-hydrogen) atoms. The van der Waals surface area contributed by atoms with Crippen molar-refractivity contribution in [3.63, 3.8) is 0 Å². The van der Waals surface area contributed by atoms with Gasteiger partial charge < -0.3 is 4.74 Å². The van der Waals surface area contributed by atoms with Crippen LogP contribution in [0.25, 0.3) is 6.08 Å². The normalized spacial score (nSPS) is 12.0. The van der Waals surface area contributed by atoms with Crippen molar-refractivity contribution < 1.29 is 21.6 Å². The number of allylic oxidation sites excluding steroid dienone is 1. The van der Waals surface area contributed by atoms with Crippen LogP contribution in [0.3, 0.4) is 0 Å². The molecule has 0 bridgehead atoms. The van der Waals surface area contributed by atoms with E-state index in [1.165, 1.54) is 24.3 Å². The van der Waals surface area contributed by atoms with E-state index >= 15 is 0 Å². The fourth-order valence-electron chi connectivity index (χ4n) is 2.99. The van der Waals surface area contributed by atoms with Gasteiger partial charge in [0.25, 0.3) is 10.0 Å². The van der Waals surface area contributed by atoms with Crippen LogP contribution in [0, 0.1) is 0 Å². The standard InChI is InChI=1S/C24H25NO5S2/c1-31(26,27)24-17-16-20(11-5-4-10-18-30-21-12-6-2-7-13-21)19-23(24)25-32(28,29)22-14-8-3-9-15-22/h2-3,5-9,11-17,19,25H,4,10,18H2,1H3/b11-5+. The maximum absolute atomic E-state index is 12.7. The summed E-state index contributed by atoms with van der Waals surface area (Å²) < 4.78 is 57.8. The zero-order chi connectivity index (χ0) is 23.0. The molecule has 3 aromatic rings. The van der Waals surface area contributed by atoms with E-state index in [1.54, 1.807) is 24.3 Å². The fraction of sp³-hybridized carbons (Fsp3) is 0.167. The minimum absolute atomic E-state index is 0.0194. The Labute approximate surface area is 189 Å². The second kappa shape index (κ2) is 10.5. The summed E-state index contributed by atoms with van der Waals surface area (Å²) >= 11 is 0. The molecular formula is C24H25NO5S2. The number of rotatable bonds is 10. The molecule has 1 N–H and O–H groups in total. The molecule has 0 fully saturated rings. The number of para-hydroxylation sites is 1. The van der Waals surface area contributed by atoms with E-state index < -0.39 is 19.9 Å². The van der Waals surface area contributed by atoms with Crippen molar-refractivity contribution in [3.8, 4) is 5.75 Å². The topological polar surface area (TPSA) is 89.5 Å². The van der Waals surface area contributed by atoms with E-state index in [9.17, 15) is 16.8 Å². The van der Waals surface area contributed by atoms with E-state index in [2.05, 4.69) is 4.72 Å². The van der Waals surface area contributed by atoms with Gasteiger partial charge in [0.05, 0.1) is 22.1 Å². The van der Waals surface area contributed by atoms with Gasteiger partial charge in [0.1, 0.15) is 5.75 Å². The van der Waals surface area contributed by atoms with Crippen LogP contribution in [0.2, 0.25) is 0 Å². The number of nitrogens with one attached hydrogen (secondary N) is 1. The number of anilines is 1. The van der Waals surface area contributed by atoms with E-state index in [0.29, 0.717) is 12.2 Å².